The lowest BCUT2D eigenvalue weighted by Gasteiger charge is -2.08. The van der Waals surface area contributed by atoms with E-state index in [0.29, 0.717) is 0 Å². The van der Waals surface area contributed by atoms with Crippen LogP contribution in [-0.2, 0) is 11.3 Å². The standard InChI is InChI=1S/C19H21N3O/c1-4-22-17-8-6-5-7-15(17)16-13-14(9-11-18(16)22)10-12-19(23)20-21(2)3/h5-13H,4H2,1-3H3,(H,20,23)/b12-10+. The van der Waals surface area contributed by atoms with Gasteiger partial charge in [0.25, 0.3) is 5.91 Å². The maximum absolute atomic E-state index is 11.7. The Bertz CT molecular complexity index is 890. The molecule has 0 atom stereocenters. The SMILES string of the molecule is CCn1c2ccccc2c2cc(/C=C/C(=O)NN(C)C)ccc21. The molecule has 4 nitrogen and oxygen atoms in total. The highest BCUT2D eigenvalue weighted by Crippen LogP contribution is 2.29. The number of aryl methyl sites for hydroxylation is 1. The number of carbonyl (C=O) groups excluding carboxylic acids is 1. The number of rotatable bonds is 4. The van der Waals surface area contributed by atoms with Crippen molar-refractivity contribution in [2.45, 2.75) is 13.5 Å². The number of fused-ring (bicyclic) bond motifs is 3. The van der Waals surface area contributed by atoms with Crippen molar-refractivity contribution in [2.24, 2.45) is 0 Å². The number of hydrazine groups is 1. The van der Waals surface area contributed by atoms with Gasteiger partial charge in [0.15, 0.2) is 0 Å². The van der Waals surface area contributed by atoms with Crippen molar-refractivity contribution in [3.63, 3.8) is 0 Å². The minimum atomic E-state index is -0.133. The summed E-state index contributed by atoms with van der Waals surface area (Å²) in [6.45, 7) is 3.09. The molecule has 3 aromatic rings. The molecule has 118 valence electrons. The molecule has 4 heteroatoms. The fourth-order valence-corrected chi connectivity index (χ4v) is 2.95. The molecule has 1 heterocycles. The van der Waals surface area contributed by atoms with E-state index in [0.717, 1.165) is 12.1 Å². The number of hydrogen-bond acceptors (Lipinski definition) is 2. The van der Waals surface area contributed by atoms with Crippen LogP contribution < -0.4 is 5.43 Å². The van der Waals surface area contributed by atoms with E-state index in [1.54, 1.807) is 25.2 Å². The van der Waals surface area contributed by atoms with Crippen LogP contribution in [0, 0.1) is 0 Å². The Labute approximate surface area is 136 Å². The van der Waals surface area contributed by atoms with Gasteiger partial charge in [-0.25, -0.2) is 5.01 Å². The molecule has 0 saturated heterocycles. The van der Waals surface area contributed by atoms with Gasteiger partial charge in [0, 0.05) is 48.5 Å². The van der Waals surface area contributed by atoms with Gasteiger partial charge < -0.3 is 4.57 Å². The molecule has 0 fully saturated rings. The van der Waals surface area contributed by atoms with Crippen LogP contribution in [0.25, 0.3) is 27.9 Å². The molecule has 0 aliphatic heterocycles. The lowest BCUT2D eigenvalue weighted by atomic mass is 10.1. The highest BCUT2D eigenvalue weighted by Gasteiger charge is 2.08. The molecular formula is C19H21N3O. The van der Waals surface area contributed by atoms with E-state index in [1.165, 1.54) is 21.8 Å². The van der Waals surface area contributed by atoms with Gasteiger partial charge in [-0.05, 0) is 36.8 Å². The monoisotopic (exact) mass is 307 g/mol. The van der Waals surface area contributed by atoms with Crippen molar-refractivity contribution in [3.8, 4) is 0 Å². The third-order valence-electron chi connectivity index (χ3n) is 3.87. The second kappa shape index (κ2) is 6.26. The largest absolute Gasteiger partial charge is 0.341 e. The third-order valence-corrected chi connectivity index (χ3v) is 3.87. The Morgan fingerprint density at radius 3 is 2.61 bits per heavy atom. The first kappa shape index (κ1) is 15.3. The predicted molar refractivity (Wildman–Crippen MR) is 96.0 cm³/mol. The summed E-state index contributed by atoms with van der Waals surface area (Å²) in [4.78, 5) is 11.7. The first-order valence-corrected chi connectivity index (χ1v) is 7.77. The minimum absolute atomic E-state index is 0.133. The number of nitrogens with one attached hydrogen (secondary N) is 1. The van der Waals surface area contributed by atoms with Crippen molar-refractivity contribution in [1.29, 1.82) is 0 Å². The summed E-state index contributed by atoms with van der Waals surface area (Å²) >= 11 is 0. The van der Waals surface area contributed by atoms with Crippen LogP contribution in [-0.4, -0.2) is 29.6 Å². The van der Waals surface area contributed by atoms with Crippen LogP contribution in [0.5, 0.6) is 0 Å². The van der Waals surface area contributed by atoms with Crippen LogP contribution in [0.2, 0.25) is 0 Å². The number of para-hydroxylation sites is 1. The van der Waals surface area contributed by atoms with E-state index in [-0.39, 0.29) is 5.91 Å². The zero-order valence-corrected chi connectivity index (χ0v) is 13.7. The molecule has 0 unspecified atom stereocenters. The maximum atomic E-state index is 11.7. The molecule has 0 radical (unpaired) electrons. The van der Waals surface area contributed by atoms with Gasteiger partial charge in [-0.2, -0.15) is 0 Å². The third kappa shape index (κ3) is 2.98. The van der Waals surface area contributed by atoms with E-state index in [1.807, 2.05) is 12.1 Å². The van der Waals surface area contributed by atoms with Crippen molar-refractivity contribution in [2.75, 3.05) is 14.1 Å². The topological polar surface area (TPSA) is 37.3 Å². The van der Waals surface area contributed by atoms with Gasteiger partial charge in [0.1, 0.15) is 0 Å². The first-order chi connectivity index (χ1) is 11.1. The molecule has 0 saturated carbocycles. The summed E-state index contributed by atoms with van der Waals surface area (Å²) < 4.78 is 2.32. The summed E-state index contributed by atoms with van der Waals surface area (Å²) in [6.07, 6.45) is 3.40. The van der Waals surface area contributed by atoms with Gasteiger partial charge in [0.05, 0.1) is 0 Å². The van der Waals surface area contributed by atoms with Crippen LogP contribution >= 0.6 is 0 Å². The van der Waals surface area contributed by atoms with Gasteiger partial charge in [-0.3, -0.25) is 10.2 Å². The average molecular weight is 307 g/mol. The molecule has 0 aliphatic carbocycles. The van der Waals surface area contributed by atoms with Crippen molar-refractivity contribution < 1.29 is 4.79 Å². The second-order valence-electron chi connectivity index (χ2n) is 5.74. The fraction of sp³-hybridized carbons (Fsp3) is 0.211. The Morgan fingerprint density at radius 1 is 1.13 bits per heavy atom. The highest BCUT2D eigenvalue weighted by atomic mass is 16.2. The summed E-state index contributed by atoms with van der Waals surface area (Å²) in [5.41, 5.74) is 6.19. The number of nitrogens with zero attached hydrogens (tertiary/aromatic N) is 2. The average Bonchev–Trinajstić information content (AvgIpc) is 2.85. The van der Waals surface area contributed by atoms with E-state index in [2.05, 4.69) is 53.3 Å². The predicted octanol–water partition coefficient (Wildman–Crippen LogP) is 3.42. The summed E-state index contributed by atoms with van der Waals surface area (Å²) in [5, 5.41) is 4.10. The van der Waals surface area contributed by atoms with Crippen molar-refractivity contribution in [1.82, 2.24) is 15.0 Å². The molecule has 1 aromatic heterocycles. The normalized spacial score (nSPS) is 11.8. The molecule has 0 bridgehead atoms. The van der Waals surface area contributed by atoms with Crippen LogP contribution in [0.3, 0.4) is 0 Å². The smallest absolute Gasteiger partial charge is 0.258 e. The van der Waals surface area contributed by atoms with Crippen molar-refractivity contribution >= 4 is 33.8 Å². The summed E-state index contributed by atoms with van der Waals surface area (Å²) in [5.74, 6) is -0.133. The van der Waals surface area contributed by atoms with E-state index in [9.17, 15) is 4.79 Å². The number of hydrogen-bond donors (Lipinski definition) is 1. The van der Waals surface area contributed by atoms with Crippen molar-refractivity contribution in [3.05, 3.63) is 54.1 Å². The minimum Gasteiger partial charge on any atom is -0.341 e. The summed E-state index contributed by atoms with van der Waals surface area (Å²) in [6, 6.07) is 14.8. The molecule has 3 rings (SSSR count). The lowest BCUT2D eigenvalue weighted by molar-refractivity contribution is -0.119. The first-order valence-electron chi connectivity index (χ1n) is 7.77. The molecule has 2 aromatic carbocycles. The highest BCUT2D eigenvalue weighted by molar-refractivity contribution is 6.08. The quantitative estimate of drug-likeness (QED) is 0.592. The second-order valence-corrected chi connectivity index (χ2v) is 5.74. The van der Waals surface area contributed by atoms with E-state index in [4.69, 9.17) is 0 Å². The zero-order chi connectivity index (χ0) is 16.4. The van der Waals surface area contributed by atoms with Gasteiger partial charge >= 0.3 is 0 Å². The molecule has 23 heavy (non-hydrogen) atoms. The van der Waals surface area contributed by atoms with Gasteiger partial charge in [0.2, 0.25) is 0 Å². The fourth-order valence-electron chi connectivity index (χ4n) is 2.95. The number of benzene rings is 2. The molecule has 0 spiro atoms. The lowest BCUT2D eigenvalue weighted by Crippen LogP contribution is -2.34. The maximum Gasteiger partial charge on any atom is 0.258 e. The van der Waals surface area contributed by atoms with Gasteiger partial charge in [-0.15, -0.1) is 0 Å². The van der Waals surface area contributed by atoms with Crippen LogP contribution in [0.15, 0.2) is 48.5 Å². The Balaban J connectivity index is 2.04. The van der Waals surface area contributed by atoms with Gasteiger partial charge in [-0.1, -0.05) is 24.3 Å². The number of aromatic nitrogens is 1. The van der Waals surface area contributed by atoms with Crippen LogP contribution in [0.1, 0.15) is 12.5 Å². The number of amides is 1. The molecule has 1 N–H and O–H groups in total. The van der Waals surface area contributed by atoms with E-state index < -0.39 is 0 Å². The zero-order valence-electron chi connectivity index (χ0n) is 13.7. The molecular weight excluding hydrogens is 286 g/mol. The Hall–Kier alpha value is -2.59. The summed E-state index contributed by atoms with van der Waals surface area (Å²) in [7, 11) is 3.58. The van der Waals surface area contributed by atoms with Crippen LogP contribution in [0.4, 0.5) is 0 Å². The Kier molecular flexibility index (Phi) is 4.17. The van der Waals surface area contributed by atoms with E-state index >= 15 is 0 Å². The number of carbonyl (C=O) groups is 1. The molecule has 1 amide bonds. The Morgan fingerprint density at radius 2 is 1.87 bits per heavy atom. The molecule has 0 aliphatic rings.